The number of benzene rings is 1. The second kappa shape index (κ2) is 4.24. The summed E-state index contributed by atoms with van der Waals surface area (Å²) in [5.41, 5.74) is 9.80. The Balaban J connectivity index is 1.80. The number of fused-ring (bicyclic) bond motifs is 3. The first-order valence-electron chi connectivity index (χ1n) is 7.88. The average molecular weight is 269 g/mol. The van der Waals surface area contributed by atoms with E-state index in [0.29, 0.717) is 12.0 Å². The zero-order valence-electron chi connectivity index (χ0n) is 12.3. The number of anilines is 1. The molecule has 1 aromatic heterocycles. The molecular formula is C17H23N3. The molecule has 1 aromatic carbocycles. The lowest BCUT2D eigenvalue weighted by molar-refractivity contribution is 0.248. The van der Waals surface area contributed by atoms with Gasteiger partial charge in [0, 0.05) is 6.04 Å². The summed E-state index contributed by atoms with van der Waals surface area (Å²) >= 11 is 0. The van der Waals surface area contributed by atoms with Crippen molar-refractivity contribution in [2.45, 2.75) is 45.6 Å². The van der Waals surface area contributed by atoms with Crippen LogP contribution in [0.3, 0.4) is 0 Å². The molecule has 0 saturated heterocycles. The number of hydrogen-bond acceptors (Lipinski definition) is 2. The molecule has 4 atom stereocenters. The number of imidazole rings is 1. The average Bonchev–Trinajstić information content (AvgIpc) is 3.11. The first-order chi connectivity index (χ1) is 9.65. The van der Waals surface area contributed by atoms with E-state index in [1.807, 2.05) is 0 Å². The van der Waals surface area contributed by atoms with Gasteiger partial charge in [-0.3, -0.25) is 0 Å². The van der Waals surface area contributed by atoms with Gasteiger partial charge in [-0.2, -0.15) is 0 Å². The predicted molar refractivity (Wildman–Crippen MR) is 82.5 cm³/mol. The Hall–Kier alpha value is -1.51. The van der Waals surface area contributed by atoms with E-state index in [9.17, 15) is 0 Å². The van der Waals surface area contributed by atoms with Crippen LogP contribution in [-0.4, -0.2) is 9.55 Å². The molecule has 2 aliphatic carbocycles. The van der Waals surface area contributed by atoms with Gasteiger partial charge in [-0.1, -0.05) is 18.6 Å². The zero-order valence-corrected chi connectivity index (χ0v) is 12.3. The topological polar surface area (TPSA) is 43.8 Å². The molecule has 2 fully saturated rings. The van der Waals surface area contributed by atoms with Crippen molar-refractivity contribution in [2.24, 2.45) is 17.8 Å². The van der Waals surface area contributed by atoms with Crippen molar-refractivity contribution in [3.8, 4) is 0 Å². The lowest BCUT2D eigenvalue weighted by atomic mass is 9.84. The Morgan fingerprint density at radius 1 is 1.30 bits per heavy atom. The number of aromatic nitrogens is 2. The van der Waals surface area contributed by atoms with Crippen molar-refractivity contribution in [2.75, 3.05) is 5.73 Å². The smallest absolute Gasteiger partial charge is 0.201 e. The van der Waals surface area contributed by atoms with Crippen LogP contribution in [0, 0.1) is 24.7 Å². The molecule has 4 rings (SSSR count). The van der Waals surface area contributed by atoms with Crippen LogP contribution >= 0.6 is 0 Å². The number of para-hydroxylation sites is 1. The Morgan fingerprint density at radius 2 is 2.15 bits per heavy atom. The van der Waals surface area contributed by atoms with E-state index in [4.69, 9.17) is 5.73 Å². The number of nitrogens with two attached hydrogens (primary N) is 1. The zero-order chi connectivity index (χ0) is 13.9. The molecule has 2 saturated carbocycles. The first-order valence-corrected chi connectivity index (χ1v) is 7.88. The summed E-state index contributed by atoms with van der Waals surface area (Å²) in [5, 5.41) is 0. The van der Waals surface area contributed by atoms with E-state index in [1.54, 1.807) is 0 Å². The van der Waals surface area contributed by atoms with E-state index in [-0.39, 0.29) is 0 Å². The number of hydrogen-bond donors (Lipinski definition) is 1. The second-order valence-corrected chi connectivity index (χ2v) is 6.86. The third kappa shape index (κ3) is 1.62. The maximum atomic E-state index is 6.24. The van der Waals surface area contributed by atoms with Crippen LogP contribution in [0.5, 0.6) is 0 Å². The predicted octanol–water partition coefficient (Wildman–Crippen LogP) is 3.92. The summed E-state index contributed by atoms with van der Waals surface area (Å²) in [6.45, 7) is 4.50. The fraction of sp³-hybridized carbons (Fsp3) is 0.588. The van der Waals surface area contributed by atoms with Gasteiger partial charge in [-0.15, -0.1) is 0 Å². The molecule has 0 spiro atoms. The monoisotopic (exact) mass is 269 g/mol. The molecule has 0 radical (unpaired) electrons. The molecule has 0 amide bonds. The lowest BCUT2D eigenvalue weighted by Crippen LogP contribution is -2.23. The lowest BCUT2D eigenvalue weighted by Gasteiger charge is -2.30. The molecule has 1 heterocycles. The third-order valence-corrected chi connectivity index (χ3v) is 5.76. The first kappa shape index (κ1) is 12.2. The van der Waals surface area contributed by atoms with Gasteiger partial charge in [0.25, 0.3) is 0 Å². The van der Waals surface area contributed by atoms with Crippen molar-refractivity contribution in [1.29, 1.82) is 0 Å². The third-order valence-electron chi connectivity index (χ3n) is 5.76. The van der Waals surface area contributed by atoms with Gasteiger partial charge in [-0.25, -0.2) is 4.98 Å². The van der Waals surface area contributed by atoms with Crippen LogP contribution in [0.1, 0.15) is 44.2 Å². The van der Waals surface area contributed by atoms with Gasteiger partial charge >= 0.3 is 0 Å². The van der Waals surface area contributed by atoms with Gasteiger partial charge in [0.05, 0.1) is 11.0 Å². The number of aryl methyl sites for hydroxylation is 1. The van der Waals surface area contributed by atoms with Gasteiger partial charge in [-0.05, 0) is 62.5 Å². The number of rotatable bonds is 2. The maximum Gasteiger partial charge on any atom is 0.201 e. The van der Waals surface area contributed by atoms with Crippen LogP contribution in [0.4, 0.5) is 5.95 Å². The quantitative estimate of drug-likeness (QED) is 0.898. The summed E-state index contributed by atoms with van der Waals surface area (Å²) in [7, 11) is 0. The Labute approximate surface area is 120 Å². The van der Waals surface area contributed by atoms with Crippen LogP contribution in [0.25, 0.3) is 11.0 Å². The van der Waals surface area contributed by atoms with Crippen molar-refractivity contribution >= 4 is 17.0 Å². The van der Waals surface area contributed by atoms with Gasteiger partial charge in [0.1, 0.15) is 0 Å². The minimum absolute atomic E-state index is 0.469. The maximum absolute atomic E-state index is 6.24. The fourth-order valence-electron chi connectivity index (χ4n) is 4.83. The fourth-order valence-corrected chi connectivity index (χ4v) is 4.83. The van der Waals surface area contributed by atoms with Crippen LogP contribution in [0.15, 0.2) is 18.2 Å². The van der Waals surface area contributed by atoms with E-state index in [2.05, 4.69) is 41.6 Å². The van der Waals surface area contributed by atoms with Crippen molar-refractivity contribution in [1.82, 2.24) is 9.55 Å². The number of nitrogens with zero attached hydrogens (tertiary/aromatic N) is 2. The summed E-state index contributed by atoms with van der Waals surface area (Å²) in [6.07, 6.45) is 5.70. The standard InChI is InChI=1S/C17H23N3/c1-10-4-3-5-15-16(10)20(17(18)19-15)11(2)14-9-12-6-7-13(14)8-12/h3-5,11-14H,6-9H2,1-2H3,(H2,18,19). The van der Waals surface area contributed by atoms with Gasteiger partial charge in [0.15, 0.2) is 0 Å². The van der Waals surface area contributed by atoms with Gasteiger partial charge < -0.3 is 10.3 Å². The highest BCUT2D eigenvalue weighted by molar-refractivity contribution is 5.81. The largest absolute Gasteiger partial charge is 0.369 e. The van der Waals surface area contributed by atoms with Crippen molar-refractivity contribution in [3.63, 3.8) is 0 Å². The summed E-state index contributed by atoms with van der Waals surface area (Å²) < 4.78 is 2.30. The van der Waals surface area contributed by atoms with Gasteiger partial charge in [0.2, 0.25) is 5.95 Å². The molecule has 3 heteroatoms. The Kier molecular flexibility index (Phi) is 2.60. The molecule has 2 aliphatic rings. The molecule has 2 bridgehead atoms. The van der Waals surface area contributed by atoms with Crippen molar-refractivity contribution < 1.29 is 0 Å². The molecule has 3 nitrogen and oxygen atoms in total. The Morgan fingerprint density at radius 3 is 2.85 bits per heavy atom. The van der Waals surface area contributed by atoms with Crippen LogP contribution < -0.4 is 5.73 Å². The molecule has 20 heavy (non-hydrogen) atoms. The van der Waals surface area contributed by atoms with E-state index < -0.39 is 0 Å². The molecule has 2 aromatic rings. The highest BCUT2D eigenvalue weighted by atomic mass is 15.2. The SMILES string of the molecule is Cc1cccc2nc(N)n(C(C)C3CC4CCC3C4)c12. The molecular weight excluding hydrogens is 246 g/mol. The molecule has 0 aliphatic heterocycles. The van der Waals surface area contributed by atoms with E-state index >= 15 is 0 Å². The van der Waals surface area contributed by atoms with Crippen molar-refractivity contribution in [3.05, 3.63) is 23.8 Å². The molecule has 4 unspecified atom stereocenters. The molecule has 106 valence electrons. The summed E-state index contributed by atoms with van der Waals surface area (Å²) in [6, 6.07) is 6.77. The highest BCUT2D eigenvalue weighted by Crippen LogP contribution is 2.52. The summed E-state index contributed by atoms with van der Waals surface area (Å²) in [4.78, 5) is 4.57. The van der Waals surface area contributed by atoms with Crippen LogP contribution in [-0.2, 0) is 0 Å². The minimum atomic E-state index is 0.469. The normalized spacial score (nSPS) is 30.2. The summed E-state index contributed by atoms with van der Waals surface area (Å²) in [5.74, 6) is 3.36. The minimum Gasteiger partial charge on any atom is -0.369 e. The highest BCUT2D eigenvalue weighted by Gasteiger charge is 2.42. The van der Waals surface area contributed by atoms with E-state index in [1.165, 1.54) is 36.8 Å². The van der Waals surface area contributed by atoms with Crippen LogP contribution in [0.2, 0.25) is 0 Å². The molecule has 2 N–H and O–H groups in total. The van der Waals surface area contributed by atoms with E-state index in [0.717, 1.165) is 23.3 Å². The number of nitrogen functional groups attached to an aromatic ring is 1. The second-order valence-electron chi connectivity index (χ2n) is 6.86. The Bertz CT molecular complexity index is 658.